The first-order valence-corrected chi connectivity index (χ1v) is 6.95. The number of anilines is 1. The second kappa shape index (κ2) is 6.67. The van der Waals surface area contributed by atoms with Crippen molar-refractivity contribution in [2.24, 2.45) is 17.6 Å². The fourth-order valence-corrected chi connectivity index (χ4v) is 2.76. The van der Waals surface area contributed by atoms with Crippen LogP contribution in [-0.4, -0.2) is 25.5 Å². The lowest BCUT2D eigenvalue weighted by Gasteiger charge is -2.17. The second-order valence-electron chi connectivity index (χ2n) is 5.21. The molecule has 114 valence electrons. The van der Waals surface area contributed by atoms with Crippen LogP contribution in [0, 0.1) is 17.7 Å². The van der Waals surface area contributed by atoms with Crippen molar-refractivity contribution in [3.05, 3.63) is 29.6 Å². The first kappa shape index (κ1) is 15.4. The van der Waals surface area contributed by atoms with E-state index in [0.717, 1.165) is 25.3 Å². The lowest BCUT2D eigenvalue weighted by molar-refractivity contribution is -0.120. The third-order valence-electron chi connectivity index (χ3n) is 3.94. The second-order valence-corrected chi connectivity index (χ2v) is 5.21. The van der Waals surface area contributed by atoms with E-state index in [0.29, 0.717) is 6.54 Å². The standard InChI is InChI=1S/C15H19FN2O3/c1-21-15(20)9-5-6-12(16)13(7-9)18-14(19)11-4-2-3-10(11)8-17/h5-7,10-11H,2-4,8,17H2,1H3,(H,18,19)/t10-,11-/m1/s1. The van der Waals surface area contributed by atoms with E-state index >= 15 is 0 Å². The van der Waals surface area contributed by atoms with Crippen LogP contribution < -0.4 is 11.1 Å². The molecule has 2 atom stereocenters. The Kier molecular flexibility index (Phi) is 4.90. The first-order chi connectivity index (χ1) is 10.1. The summed E-state index contributed by atoms with van der Waals surface area (Å²) in [4.78, 5) is 23.7. The van der Waals surface area contributed by atoms with Crippen LogP contribution in [0.2, 0.25) is 0 Å². The molecule has 0 aromatic heterocycles. The Morgan fingerprint density at radius 3 is 2.86 bits per heavy atom. The summed E-state index contributed by atoms with van der Waals surface area (Å²) in [6, 6.07) is 3.73. The van der Waals surface area contributed by atoms with Gasteiger partial charge in [-0.1, -0.05) is 6.42 Å². The van der Waals surface area contributed by atoms with Crippen LogP contribution in [-0.2, 0) is 9.53 Å². The molecule has 1 fully saturated rings. The first-order valence-electron chi connectivity index (χ1n) is 6.95. The molecular weight excluding hydrogens is 275 g/mol. The minimum atomic E-state index is -0.585. The van der Waals surface area contributed by atoms with Crippen LogP contribution >= 0.6 is 0 Å². The van der Waals surface area contributed by atoms with Gasteiger partial charge >= 0.3 is 5.97 Å². The Morgan fingerprint density at radius 1 is 1.43 bits per heavy atom. The molecule has 3 N–H and O–H groups in total. The van der Waals surface area contributed by atoms with Crippen molar-refractivity contribution >= 4 is 17.6 Å². The van der Waals surface area contributed by atoms with Gasteiger partial charge in [-0.3, -0.25) is 4.79 Å². The van der Waals surface area contributed by atoms with Gasteiger partial charge in [-0.05, 0) is 43.5 Å². The van der Waals surface area contributed by atoms with Crippen molar-refractivity contribution in [3.8, 4) is 0 Å². The number of carbonyl (C=O) groups excluding carboxylic acids is 2. The van der Waals surface area contributed by atoms with E-state index in [-0.39, 0.29) is 29.0 Å². The third kappa shape index (κ3) is 3.39. The monoisotopic (exact) mass is 294 g/mol. The number of ether oxygens (including phenoxy) is 1. The molecule has 1 saturated carbocycles. The predicted octanol–water partition coefficient (Wildman–Crippen LogP) is 1.93. The molecule has 21 heavy (non-hydrogen) atoms. The fourth-order valence-electron chi connectivity index (χ4n) is 2.76. The number of nitrogens with two attached hydrogens (primary N) is 1. The Bertz CT molecular complexity index is 548. The van der Waals surface area contributed by atoms with Gasteiger partial charge in [-0.15, -0.1) is 0 Å². The van der Waals surface area contributed by atoms with E-state index in [1.165, 1.54) is 19.2 Å². The van der Waals surface area contributed by atoms with Crippen LogP contribution in [0.5, 0.6) is 0 Å². The van der Waals surface area contributed by atoms with Gasteiger partial charge in [0, 0.05) is 5.92 Å². The lowest BCUT2D eigenvalue weighted by atomic mass is 9.95. The Balaban J connectivity index is 2.15. The summed E-state index contributed by atoms with van der Waals surface area (Å²) in [6.07, 6.45) is 2.62. The molecule has 1 aliphatic rings. The highest BCUT2D eigenvalue weighted by Crippen LogP contribution is 2.32. The average molecular weight is 294 g/mol. The van der Waals surface area contributed by atoms with Gasteiger partial charge in [0.05, 0.1) is 18.4 Å². The van der Waals surface area contributed by atoms with Crippen molar-refractivity contribution in [1.82, 2.24) is 0 Å². The van der Waals surface area contributed by atoms with Gasteiger partial charge in [0.25, 0.3) is 0 Å². The van der Waals surface area contributed by atoms with Crippen LogP contribution in [0.4, 0.5) is 10.1 Å². The molecule has 6 heteroatoms. The quantitative estimate of drug-likeness (QED) is 0.831. The van der Waals surface area contributed by atoms with Gasteiger partial charge in [0.1, 0.15) is 5.82 Å². The number of esters is 1. The number of carbonyl (C=O) groups is 2. The maximum Gasteiger partial charge on any atom is 0.337 e. The average Bonchev–Trinajstić information content (AvgIpc) is 2.97. The predicted molar refractivity (Wildman–Crippen MR) is 76.3 cm³/mol. The molecule has 1 aromatic rings. The molecule has 1 aliphatic carbocycles. The van der Waals surface area contributed by atoms with E-state index in [2.05, 4.69) is 10.1 Å². The SMILES string of the molecule is COC(=O)c1ccc(F)c(NC(=O)[C@@H]2CCC[C@@H]2CN)c1. The largest absolute Gasteiger partial charge is 0.465 e. The number of halogens is 1. The molecule has 0 spiro atoms. The van der Waals surface area contributed by atoms with Crippen LogP contribution in [0.3, 0.4) is 0 Å². The van der Waals surface area contributed by atoms with E-state index in [1.807, 2.05) is 0 Å². The van der Waals surface area contributed by atoms with Crippen LogP contribution in [0.15, 0.2) is 18.2 Å². The number of methoxy groups -OCH3 is 1. The molecule has 1 aromatic carbocycles. The summed E-state index contributed by atoms with van der Waals surface area (Å²) in [5.41, 5.74) is 5.83. The smallest absolute Gasteiger partial charge is 0.337 e. The summed E-state index contributed by atoms with van der Waals surface area (Å²) >= 11 is 0. The molecule has 0 aliphatic heterocycles. The zero-order valence-corrected chi connectivity index (χ0v) is 11.9. The molecule has 0 radical (unpaired) electrons. The minimum absolute atomic E-state index is 0.00873. The highest BCUT2D eigenvalue weighted by atomic mass is 19.1. The number of hydrogen-bond acceptors (Lipinski definition) is 4. The van der Waals surface area contributed by atoms with Crippen molar-refractivity contribution in [2.75, 3.05) is 19.0 Å². The van der Waals surface area contributed by atoms with E-state index in [1.54, 1.807) is 0 Å². The maximum absolute atomic E-state index is 13.8. The molecule has 1 amide bonds. The normalized spacial score (nSPS) is 21.1. The summed E-state index contributed by atoms with van der Waals surface area (Å²) in [7, 11) is 1.24. The van der Waals surface area contributed by atoms with Crippen molar-refractivity contribution < 1.29 is 18.7 Å². The fraction of sp³-hybridized carbons (Fsp3) is 0.467. The minimum Gasteiger partial charge on any atom is -0.465 e. The summed E-state index contributed by atoms with van der Waals surface area (Å²) in [5, 5.41) is 2.56. The maximum atomic E-state index is 13.8. The third-order valence-corrected chi connectivity index (χ3v) is 3.94. The summed E-state index contributed by atoms with van der Waals surface area (Å²) < 4.78 is 18.4. The molecule has 5 nitrogen and oxygen atoms in total. The van der Waals surface area contributed by atoms with Gasteiger partial charge < -0.3 is 15.8 Å². The highest BCUT2D eigenvalue weighted by molar-refractivity contribution is 5.95. The van der Waals surface area contributed by atoms with E-state index in [4.69, 9.17) is 5.73 Å². The zero-order valence-electron chi connectivity index (χ0n) is 11.9. The lowest BCUT2D eigenvalue weighted by Crippen LogP contribution is -2.30. The topological polar surface area (TPSA) is 81.4 Å². The number of hydrogen-bond donors (Lipinski definition) is 2. The number of rotatable bonds is 4. The molecule has 0 unspecified atom stereocenters. The van der Waals surface area contributed by atoms with Gasteiger partial charge in [-0.25, -0.2) is 9.18 Å². The van der Waals surface area contributed by atoms with Crippen molar-refractivity contribution in [1.29, 1.82) is 0 Å². The number of benzene rings is 1. The van der Waals surface area contributed by atoms with Crippen LogP contribution in [0.1, 0.15) is 29.6 Å². The van der Waals surface area contributed by atoms with Crippen molar-refractivity contribution in [2.45, 2.75) is 19.3 Å². The summed E-state index contributed by atoms with van der Waals surface area (Å²) in [6.45, 7) is 0.447. The summed E-state index contributed by atoms with van der Waals surface area (Å²) in [5.74, 6) is -1.47. The Hall–Kier alpha value is -1.95. The molecule has 0 bridgehead atoms. The molecule has 0 saturated heterocycles. The number of nitrogens with one attached hydrogen (secondary N) is 1. The van der Waals surface area contributed by atoms with Gasteiger partial charge in [0.2, 0.25) is 5.91 Å². The molecule has 2 rings (SSSR count). The van der Waals surface area contributed by atoms with Crippen molar-refractivity contribution in [3.63, 3.8) is 0 Å². The van der Waals surface area contributed by atoms with Gasteiger partial charge in [0.15, 0.2) is 0 Å². The Labute approximate surface area is 122 Å². The number of amides is 1. The van der Waals surface area contributed by atoms with E-state index < -0.39 is 11.8 Å². The Morgan fingerprint density at radius 2 is 2.19 bits per heavy atom. The highest BCUT2D eigenvalue weighted by Gasteiger charge is 2.32. The van der Waals surface area contributed by atoms with E-state index in [9.17, 15) is 14.0 Å². The molecular formula is C15H19FN2O3. The molecule has 0 heterocycles. The van der Waals surface area contributed by atoms with Gasteiger partial charge in [-0.2, -0.15) is 0 Å². The van der Waals surface area contributed by atoms with Crippen LogP contribution in [0.25, 0.3) is 0 Å². The zero-order chi connectivity index (χ0) is 15.4.